The van der Waals surface area contributed by atoms with E-state index < -0.39 is 5.91 Å². The number of ether oxygens (including phenoxy) is 1. The molecule has 2 N–H and O–H groups in total. The number of fused-ring (bicyclic) bond motifs is 3. The SMILES string of the molecule is COc1ccc(CC(=O)NNC(=O)c2ccc3c(c2)C(=O)c2ccccc2-3)cc1. The summed E-state index contributed by atoms with van der Waals surface area (Å²) in [5.41, 5.74) is 8.68. The van der Waals surface area contributed by atoms with E-state index in [1.54, 1.807) is 55.6 Å². The number of hydrogen-bond acceptors (Lipinski definition) is 4. The molecule has 0 heterocycles. The molecule has 0 aliphatic heterocycles. The monoisotopic (exact) mass is 386 g/mol. The van der Waals surface area contributed by atoms with Crippen LogP contribution in [-0.2, 0) is 11.2 Å². The minimum atomic E-state index is -0.486. The Morgan fingerprint density at radius 1 is 0.828 bits per heavy atom. The lowest BCUT2D eigenvalue weighted by Crippen LogP contribution is -2.42. The summed E-state index contributed by atoms with van der Waals surface area (Å²) in [6.45, 7) is 0. The van der Waals surface area contributed by atoms with Gasteiger partial charge in [0.1, 0.15) is 5.75 Å². The summed E-state index contributed by atoms with van der Waals surface area (Å²) >= 11 is 0. The number of nitrogens with one attached hydrogen (secondary N) is 2. The highest BCUT2D eigenvalue weighted by Gasteiger charge is 2.27. The van der Waals surface area contributed by atoms with Gasteiger partial charge in [-0.1, -0.05) is 42.5 Å². The quantitative estimate of drug-likeness (QED) is 0.528. The normalized spacial score (nSPS) is 11.4. The topological polar surface area (TPSA) is 84.5 Å². The maximum absolute atomic E-state index is 12.6. The molecule has 0 fully saturated rings. The Morgan fingerprint density at radius 2 is 1.52 bits per heavy atom. The minimum Gasteiger partial charge on any atom is -0.497 e. The van der Waals surface area contributed by atoms with Crippen molar-refractivity contribution in [2.75, 3.05) is 7.11 Å². The third-order valence-electron chi connectivity index (χ3n) is 4.83. The number of carbonyl (C=O) groups excluding carboxylic acids is 3. The van der Waals surface area contributed by atoms with E-state index in [1.807, 2.05) is 18.2 Å². The molecule has 1 aliphatic rings. The molecule has 2 amide bonds. The molecule has 0 bridgehead atoms. The van der Waals surface area contributed by atoms with Crippen LogP contribution in [0.3, 0.4) is 0 Å². The number of methoxy groups -OCH3 is 1. The second-order valence-corrected chi connectivity index (χ2v) is 6.66. The molecule has 0 radical (unpaired) electrons. The molecular weight excluding hydrogens is 368 g/mol. The van der Waals surface area contributed by atoms with E-state index in [9.17, 15) is 14.4 Å². The number of rotatable bonds is 4. The van der Waals surface area contributed by atoms with Gasteiger partial charge in [0.25, 0.3) is 5.91 Å². The molecule has 0 aromatic heterocycles. The molecule has 1 aliphatic carbocycles. The van der Waals surface area contributed by atoms with Gasteiger partial charge in [-0.15, -0.1) is 0 Å². The summed E-state index contributed by atoms with van der Waals surface area (Å²) in [4.78, 5) is 37.1. The van der Waals surface area contributed by atoms with Crippen molar-refractivity contribution in [2.45, 2.75) is 6.42 Å². The van der Waals surface area contributed by atoms with Crippen molar-refractivity contribution in [3.63, 3.8) is 0 Å². The smallest absolute Gasteiger partial charge is 0.269 e. The van der Waals surface area contributed by atoms with Crippen LogP contribution in [0.25, 0.3) is 11.1 Å². The van der Waals surface area contributed by atoms with Crippen molar-refractivity contribution in [1.82, 2.24) is 10.9 Å². The number of ketones is 1. The molecule has 3 aromatic carbocycles. The maximum atomic E-state index is 12.6. The average Bonchev–Trinajstić information content (AvgIpc) is 3.04. The molecule has 0 spiro atoms. The van der Waals surface area contributed by atoms with Crippen molar-refractivity contribution in [1.29, 1.82) is 0 Å². The van der Waals surface area contributed by atoms with E-state index in [2.05, 4.69) is 10.9 Å². The average molecular weight is 386 g/mol. The van der Waals surface area contributed by atoms with E-state index >= 15 is 0 Å². The first-order valence-electron chi connectivity index (χ1n) is 9.07. The first-order chi connectivity index (χ1) is 14.1. The van der Waals surface area contributed by atoms with Crippen LogP contribution in [-0.4, -0.2) is 24.7 Å². The van der Waals surface area contributed by atoms with Crippen molar-refractivity contribution < 1.29 is 19.1 Å². The zero-order valence-corrected chi connectivity index (χ0v) is 15.7. The number of amides is 2. The second kappa shape index (κ2) is 7.59. The Morgan fingerprint density at radius 3 is 2.24 bits per heavy atom. The predicted molar refractivity (Wildman–Crippen MR) is 108 cm³/mol. The lowest BCUT2D eigenvalue weighted by molar-refractivity contribution is -0.121. The molecule has 0 unspecified atom stereocenters. The second-order valence-electron chi connectivity index (χ2n) is 6.66. The van der Waals surface area contributed by atoms with Gasteiger partial charge in [-0.3, -0.25) is 25.2 Å². The molecule has 3 aromatic rings. The summed E-state index contributed by atoms with van der Waals surface area (Å²) < 4.78 is 5.08. The van der Waals surface area contributed by atoms with Crippen molar-refractivity contribution in [2.24, 2.45) is 0 Å². The van der Waals surface area contributed by atoms with Gasteiger partial charge in [-0.2, -0.15) is 0 Å². The van der Waals surface area contributed by atoms with Crippen LogP contribution in [0.15, 0.2) is 66.7 Å². The van der Waals surface area contributed by atoms with E-state index in [1.165, 1.54) is 0 Å². The highest BCUT2D eigenvalue weighted by atomic mass is 16.5. The van der Waals surface area contributed by atoms with Crippen LogP contribution in [0.1, 0.15) is 31.8 Å². The fraction of sp³-hybridized carbons (Fsp3) is 0.0870. The van der Waals surface area contributed by atoms with E-state index in [0.717, 1.165) is 16.7 Å². The number of hydrogen-bond donors (Lipinski definition) is 2. The van der Waals surface area contributed by atoms with Crippen LogP contribution >= 0.6 is 0 Å². The number of benzene rings is 3. The van der Waals surface area contributed by atoms with Gasteiger partial charge >= 0.3 is 0 Å². The predicted octanol–water partition coefficient (Wildman–Crippen LogP) is 2.91. The Balaban J connectivity index is 1.40. The summed E-state index contributed by atoms with van der Waals surface area (Å²) in [7, 11) is 1.57. The highest BCUT2D eigenvalue weighted by molar-refractivity contribution is 6.22. The Bertz CT molecular complexity index is 1120. The van der Waals surface area contributed by atoms with Crippen LogP contribution in [0.4, 0.5) is 0 Å². The van der Waals surface area contributed by atoms with Crippen molar-refractivity contribution in [3.8, 4) is 16.9 Å². The molecule has 0 atom stereocenters. The third kappa shape index (κ3) is 3.60. The fourth-order valence-electron chi connectivity index (χ4n) is 3.34. The van der Waals surface area contributed by atoms with E-state index in [0.29, 0.717) is 22.4 Å². The Kier molecular flexibility index (Phi) is 4.83. The van der Waals surface area contributed by atoms with Gasteiger partial charge in [0.2, 0.25) is 5.91 Å². The van der Waals surface area contributed by atoms with E-state index in [-0.39, 0.29) is 18.1 Å². The molecule has 4 rings (SSSR count). The molecule has 29 heavy (non-hydrogen) atoms. The van der Waals surface area contributed by atoms with Crippen LogP contribution in [0.2, 0.25) is 0 Å². The van der Waals surface area contributed by atoms with Gasteiger partial charge in [0.15, 0.2) is 5.78 Å². The van der Waals surface area contributed by atoms with Gasteiger partial charge < -0.3 is 4.74 Å². The Labute approximate surface area is 167 Å². The number of carbonyl (C=O) groups is 3. The van der Waals surface area contributed by atoms with E-state index in [4.69, 9.17) is 4.74 Å². The first-order valence-corrected chi connectivity index (χ1v) is 9.07. The summed E-state index contributed by atoms with van der Waals surface area (Å²) in [5, 5.41) is 0. The molecule has 0 saturated heterocycles. The fourth-order valence-corrected chi connectivity index (χ4v) is 3.34. The standard InChI is InChI=1S/C23H18N2O4/c1-29-16-9-6-14(7-10-16)12-21(26)24-25-23(28)15-8-11-18-17-4-2-3-5-19(17)22(27)20(18)13-15/h2-11,13H,12H2,1H3,(H,24,26)(H,25,28). The van der Waals surface area contributed by atoms with Gasteiger partial charge in [0.05, 0.1) is 13.5 Å². The molecule has 6 nitrogen and oxygen atoms in total. The summed E-state index contributed by atoms with van der Waals surface area (Å²) in [6.07, 6.45) is 0.113. The highest BCUT2D eigenvalue weighted by Crippen LogP contribution is 2.36. The zero-order valence-electron chi connectivity index (χ0n) is 15.7. The third-order valence-corrected chi connectivity index (χ3v) is 4.83. The minimum absolute atomic E-state index is 0.103. The van der Waals surface area contributed by atoms with Gasteiger partial charge in [-0.05, 0) is 41.0 Å². The van der Waals surface area contributed by atoms with Crippen LogP contribution < -0.4 is 15.6 Å². The van der Waals surface area contributed by atoms with Crippen LogP contribution in [0.5, 0.6) is 5.75 Å². The van der Waals surface area contributed by atoms with Crippen molar-refractivity contribution >= 4 is 17.6 Å². The number of hydrazine groups is 1. The largest absolute Gasteiger partial charge is 0.497 e. The molecular formula is C23H18N2O4. The Hall–Kier alpha value is -3.93. The van der Waals surface area contributed by atoms with Gasteiger partial charge in [0, 0.05) is 16.7 Å². The maximum Gasteiger partial charge on any atom is 0.269 e. The van der Waals surface area contributed by atoms with Crippen LogP contribution in [0, 0.1) is 0 Å². The molecule has 144 valence electrons. The molecule has 0 saturated carbocycles. The van der Waals surface area contributed by atoms with Crippen molar-refractivity contribution in [3.05, 3.63) is 89.0 Å². The lowest BCUT2D eigenvalue weighted by Gasteiger charge is -2.09. The summed E-state index contributed by atoms with van der Waals surface area (Å²) in [5.74, 6) is -0.239. The van der Waals surface area contributed by atoms with Gasteiger partial charge in [-0.25, -0.2) is 0 Å². The molecule has 6 heteroatoms. The summed E-state index contributed by atoms with van der Waals surface area (Å²) in [6, 6.07) is 19.4. The lowest BCUT2D eigenvalue weighted by atomic mass is 10.0. The first kappa shape index (κ1) is 18.4. The zero-order chi connectivity index (χ0) is 20.4.